The standard InChI is InChI=1S/C28H37N5O4S/c1-38(35,36)20-6-19-37-25-8-5-7-24-23(25)14-18-33(24)26-13-15-29-28(31-26)30-22-11-9-21(10-12-22)27(34)32-16-3-2-4-17-32/h5,7-8,13-15,18,21-22H,2-4,6,9-12,16-17,19-20H2,1H3,(H,29,30,31). The van der Waals surface area contributed by atoms with Gasteiger partial charge in [0.15, 0.2) is 0 Å². The van der Waals surface area contributed by atoms with Gasteiger partial charge >= 0.3 is 0 Å². The number of benzene rings is 1. The van der Waals surface area contributed by atoms with Crippen LogP contribution in [0.5, 0.6) is 5.75 Å². The van der Waals surface area contributed by atoms with E-state index in [2.05, 4.69) is 15.2 Å². The van der Waals surface area contributed by atoms with Crippen LogP contribution in [0.25, 0.3) is 16.7 Å². The Kier molecular flexibility index (Phi) is 8.16. The topological polar surface area (TPSA) is 106 Å². The fourth-order valence-corrected chi connectivity index (χ4v) is 6.20. The lowest BCUT2D eigenvalue weighted by atomic mass is 9.85. The molecule has 1 aliphatic carbocycles. The summed E-state index contributed by atoms with van der Waals surface area (Å²) in [4.78, 5) is 24.2. The van der Waals surface area contributed by atoms with E-state index in [0.29, 0.717) is 24.9 Å². The van der Waals surface area contributed by atoms with Crippen LogP contribution in [0.3, 0.4) is 0 Å². The van der Waals surface area contributed by atoms with Gasteiger partial charge in [-0.3, -0.25) is 4.79 Å². The Hall–Kier alpha value is -3.14. The second-order valence-electron chi connectivity index (χ2n) is 10.5. The zero-order valence-electron chi connectivity index (χ0n) is 22.0. The molecule has 0 atom stereocenters. The summed E-state index contributed by atoms with van der Waals surface area (Å²) in [6.45, 7) is 2.18. The van der Waals surface area contributed by atoms with Gasteiger partial charge in [-0.2, -0.15) is 4.98 Å². The van der Waals surface area contributed by atoms with E-state index in [1.54, 1.807) is 6.20 Å². The van der Waals surface area contributed by atoms with Crippen molar-refractivity contribution in [1.29, 1.82) is 0 Å². The van der Waals surface area contributed by atoms with Gasteiger partial charge in [-0.25, -0.2) is 13.4 Å². The summed E-state index contributed by atoms with van der Waals surface area (Å²) in [6.07, 6.45) is 12.6. The number of sulfone groups is 1. The lowest BCUT2D eigenvalue weighted by Crippen LogP contribution is -2.41. The number of ether oxygens (including phenoxy) is 1. The highest BCUT2D eigenvalue weighted by Gasteiger charge is 2.30. The number of nitrogens with zero attached hydrogens (tertiary/aromatic N) is 4. The van der Waals surface area contributed by atoms with Crippen LogP contribution in [0.1, 0.15) is 51.4 Å². The Morgan fingerprint density at radius 1 is 1.08 bits per heavy atom. The largest absolute Gasteiger partial charge is 0.493 e. The lowest BCUT2D eigenvalue weighted by molar-refractivity contribution is -0.137. The molecule has 38 heavy (non-hydrogen) atoms. The first kappa shape index (κ1) is 26.5. The fraction of sp³-hybridized carbons (Fsp3) is 0.536. The van der Waals surface area contributed by atoms with Crippen LogP contribution in [0.15, 0.2) is 42.7 Å². The maximum Gasteiger partial charge on any atom is 0.225 e. The number of carbonyl (C=O) groups is 1. The van der Waals surface area contributed by atoms with Crippen LogP contribution >= 0.6 is 0 Å². The number of aromatic nitrogens is 3. The maximum atomic E-state index is 12.9. The van der Waals surface area contributed by atoms with Crippen LogP contribution in [0.4, 0.5) is 5.95 Å². The van der Waals surface area contributed by atoms with E-state index in [4.69, 9.17) is 9.72 Å². The zero-order valence-corrected chi connectivity index (χ0v) is 22.8. The molecule has 0 bridgehead atoms. The Morgan fingerprint density at radius 3 is 2.63 bits per heavy atom. The van der Waals surface area contributed by atoms with E-state index >= 15 is 0 Å². The molecule has 0 spiro atoms. The molecule has 3 heterocycles. The molecule has 1 saturated heterocycles. The molecular weight excluding hydrogens is 502 g/mol. The van der Waals surface area contributed by atoms with Crippen LogP contribution in [0, 0.1) is 5.92 Å². The highest BCUT2D eigenvalue weighted by atomic mass is 32.2. The summed E-state index contributed by atoms with van der Waals surface area (Å²) in [5, 5.41) is 4.44. The Labute approximate surface area is 224 Å². The molecular formula is C28H37N5O4S. The summed E-state index contributed by atoms with van der Waals surface area (Å²) in [5.41, 5.74) is 0.951. The van der Waals surface area contributed by atoms with E-state index in [1.165, 1.54) is 12.7 Å². The normalized spacial score (nSPS) is 20.4. The van der Waals surface area contributed by atoms with Crippen molar-refractivity contribution < 1.29 is 17.9 Å². The average Bonchev–Trinajstić information content (AvgIpc) is 3.36. The van der Waals surface area contributed by atoms with Gasteiger partial charge in [0.2, 0.25) is 11.9 Å². The van der Waals surface area contributed by atoms with Gasteiger partial charge in [0.25, 0.3) is 0 Å². The maximum absolute atomic E-state index is 12.9. The number of nitrogens with one attached hydrogen (secondary N) is 1. The van der Waals surface area contributed by atoms with Crippen molar-refractivity contribution in [3.05, 3.63) is 42.7 Å². The molecule has 1 saturated carbocycles. The first-order chi connectivity index (χ1) is 18.4. The van der Waals surface area contributed by atoms with Crippen molar-refractivity contribution in [1.82, 2.24) is 19.4 Å². The molecule has 204 valence electrons. The van der Waals surface area contributed by atoms with Crippen molar-refractivity contribution in [2.45, 2.75) is 57.4 Å². The molecule has 0 unspecified atom stereocenters. The predicted octanol–water partition coefficient (Wildman–Crippen LogP) is 4.22. The minimum atomic E-state index is -3.00. The molecule has 5 rings (SSSR count). The van der Waals surface area contributed by atoms with Crippen LogP contribution in [0.2, 0.25) is 0 Å². The number of amides is 1. The number of hydrogen-bond acceptors (Lipinski definition) is 7. The lowest BCUT2D eigenvalue weighted by Gasteiger charge is -2.34. The van der Waals surface area contributed by atoms with E-state index in [9.17, 15) is 13.2 Å². The fourth-order valence-electron chi connectivity index (χ4n) is 5.56. The molecule has 1 aromatic carbocycles. The van der Waals surface area contributed by atoms with Gasteiger partial charge in [-0.15, -0.1) is 0 Å². The molecule has 2 aromatic heterocycles. The van der Waals surface area contributed by atoms with E-state index in [0.717, 1.165) is 74.1 Å². The van der Waals surface area contributed by atoms with Crippen molar-refractivity contribution in [3.8, 4) is 11.6 Å². The molecule has 1 aliphatic heterocycles. The smallest absolute Gasteiger partial charge is 0.225 e. The summed E-state index contributed by atoms with van der Waals surface area (Å²) in [6, 6.07) is 9.94. The molecule has 0 radical (unpaired) electrons. The SMILES string of the molecule is CS(=O)(=O)CCCOc1cccc2c1ccn2-c1ccnc(NC2CCC(C(=O)N3CCCCC3)CC2)n1. The minimum absolute atomic E-state index is 0.108. The van der Waals surface area contributed by atoms with Gasteiger partial charge in [0, 0.05) is 49.1 Å². The van der Waals surface area contributed by atoms with Gasteiger partial charge in [0.1, 0.15) is 21.4 Å². The molecule has 1 N–H and O–H groups in total. The summed E-state index contributed by atoms with van der Waals surface area (Å²) < 4.78 is 30.7. The number of fused-ring (bicyclic) bond motifs is 1. The van der Waals surface area contributed by atoms with Gasteiger partial charge in [-0.05, 0) is 75.6 Å². The monoisotopic (exact) mass is 539 g/mol. The summed E-state index contributed by atoms with van der Waals surface area (Å²) in [5.74, 6) is 2.66. The van der Waals surface area contributed by atoms with Crippen molar-refractivity contribution >= 4 is 32.6 Å². The second-order valence-corrected chi connectivity index (χ2v) is 12.8. The Balaban J connectivity index is 1.21. The first-order valence-electron chi connectivity index (χ1n) is 13.7. The first-order valence-corrected chi connectivity index (χ1v) is 15.7. The zero-order chi connectivity index (χ0) is 26.5. The Morgan fingerprint density at radius 2 is 1.87 bits per heavy atom. The third-order valence-corrected chi connectivity index (χ3v) is 8.61. The van der Waals surface area contributed by atoms with E-state index in [-0.39, 0.29) is 17.7 Å². The number of hydrogen-bond donors (Lipinski definition) is 1. The van der Waals surface area contributed by atoms with Crippen LogP contribution in [-0.4, -0.2) is 71.5 Å². The number of piperidine rings is 1. The highest BCUT2D eigenvalue weighted by molar-refractivity contribution is 7.90. The van der Waals surface area contributed by atoms with Gasteiger partial charge < -0.3 is 19.5 Å². The van der Waals surface area contributed by atoms with E-state index < -0.39 is 9.84 Å². The molecule has 3 aromatic rings. The van der Waals surface area contributed by atoms with E-state index in [1.807, 2.05) is 41.1 Å². The number of likely N-dealkylation sites (tertiary alicyclic amines) is 1. The highest BCUT2D eigenvalue weighted by Crippen LogP contribution is 2.30. The summed E-state index contributed by atoms with van der Waals surface area (Å²) >= 11 is 0. The van der Waals surface area contributed by atoms with Crippen molar-refractivity contribution in [3.63, 3.8) is 0 Å². The molecule has 2 fully saturated rings. The molecule has 2 aliphatic rings. The van der Waals surface area contributed by atoms with Crippen LogP contribution in [-0.2, 0) is 14.6 Å². The van der Waals surface area contributed by atoms with Gasteiger partial charge in [0.05, 0.1) is 17.9 Å². The summed E-state index contributed by atoms with van der Waals surface area (Å²) in [7, 11) is -3.00. The number of anilines is 1. The molecule has 10 heteroatoms. The van der Waals surface area contributed by atoms with Gasteiger partial charge in [-0.1, -0.05) is 6.07 Å². The third-order valence-electron chi connectivity index (χ3n) is 7.58. The molecule has 9 nitrogen and oxygen atoms in total. The van der Waals surface area contributed by atoms with Crippen molar-refractivity contribution in [2.75, 3.05) is 37.0 Å². The second kappa shape index (κ2) is 11.7. The Bertz CT molecular complexity index is 1360. The van der Waals surface area contributed by atoms with Crippen LogP contribution < -0.4 is 10.1 Å². The average molecular weight is 540 g/mol. The third kappa shape index (κ3) is 6.46. The van der Waals surface area contributed by atoms with Crippen molar-refractivity contribution in [2.24, 2.45) is 5.92 Å². The number of carbonyl (C=O) groups excluding carboxylic acids is 1. The minimum Gasteiger partial charge on any atom is -0.493 e. The number of rotatable bonds is 9. The predicted molar refractivity (Wildman–Crippen MR) is 148 cm³/mol. The molecule has 1 amide bonds. The quantitative estimate of drug-likeness (QED) is 0.406.